The van der Waals surface area contributed by atoms with Gasteiger partial charge < -0.3 is 15.1 Å². The molecule has 0 unspecified atom stereocenters. The van der Waals surface area contributed by atoms with E-state index in [9.17, 15) is 4.79 Å². The van der Waals surface area contributed by atoms with E-state index < -0.39 is 0 Å². The van der Waals surface area contributed by atoms with Gasteiger partial charge in [-0.1, -0.05) is 0 Å². The Balaban J connectivity index is 4.42. The summed E-state index contributed by atoms with van der Waals surface area (Å²) in [6, 6.07) is 0. The Morgan fingerprint density at radius 2 is 1.86 bits per heavy atom. The molecule has 0 saturated carbocycles. The SMILES string of the molecule is CCNC(=NCCCCSC)N(C)CC(=O)N(CC)CC. The number of hydrogen-bond acceptors (Lipinski definition) is 3. The molecule has 21 heavy (non-hydrogen) atoms. The van der Waals surface area contributed by atoms with Crippen molar-refractivity contribution in [2.45, 2.75) is 33.6 Å². The highest BCUT2D eigenvalue weighted by atomic mass is 32.2. The maximum Gasteiger partial charge on any atom is 0.242 e. The minimum Gasteiger partial charge on any atom is -0.357 e. The van der Waals surface area contributed by atoms with Crippen LogP contribution in [0.5, 0.6) is 0 Å². The minimum absolute atomic E-state index is 0.149. The second-order valence-corrected chi connectivity index (χ2v) is 5.84. The summed E-state index contributed by atoms with van der Waals surface area (Å²) >= 11 is 1.87. The van der Waals surface area contributed by atoms with Crippen molar-refractivity contribution in [3.8, 4) is 0 Å². The van der Waals surface area contributed by atoms with Crippen LogP contribution in [0.1, 0.15) is 33.6 Å². The van der Waals surface area contributed by atoms with Crippen LogP contribution in [-0.4, -0.2) is 73.4 Å². The molecule has 0 atom stereocenters. The van der Waals surface area contributed by atoms with Gasteiger partial charge in [-0.15, -0.1) is 0 Å². The van der Waals surface area contributed by atoms with E-state index in [1.807, 2.05) is 49.4 Å². The molecule has 0 radical (unpaired) electrons. The Morgan fingerprint density at radius 3 is 2.38 bits per heavy atom. The summed E-state index contributed by atoms with van der Waals surface area (Å²) in [6.07, 6.45) is 4.40. The average molecular weight is 317 g/mol. The van der Waals surface area contributed by atoms with Crippen molar-refractivity contribution in [1.82, 2.24) is 15.1 Å². The molecule has 0 aliphatic carbocycles. The van der Waals surface area contributed by atoms with Crippen LogP contribution in [0.2, 0.25) is 0 Å². The molecule has 0 aromatic carbocycles. The van der Waals surface area contributed by atoms with Crippen molar-refractivity contribution in [1.29, 1.82) is 0 Å². The maximum absolute atomic E-state index is 12.1. The van der Waals surface area contributed by atoms with Gasteiger partial charge in [0.2, 0.25) is 5.91 Å². The van der Waals surface area contributed by atoms with E-state index in [1.165, 1.54) is 12.2 Å². The highest BCUT2D eigenvalue weighted by molar-refractivity contribution is 7.98. The van der Waals surface area contributed by atoms with E-state index in [0.717, 1.165) is 38.6 Å². The number of unbranched alkanes of at least 4 members (excludes halogenated alkanes) is 1. The second kappa shape index (κ2) is 12.8. The van der Waals surface area contributed by atoms with Gasteiger partial charge in [0.25, 0.3) is 0 Å². The molecule has 5 nitrogen and oxygen atoms in total. The largest absolute Gasteiger partial charge is 0.357 e. The lowest BCUT2D eigenvalue weighted by atomic mass is 10.3. The topological polar surface area (TPSA) is 47.9 Å². The van der Waals surface area contributed by atoms with Gasteiger partial charge in [0.05, 0.1) is 6.54 Å². The van der Waals surface area contributed by atoms with E-state index in [-0.39, 0.29) is 5.91 Å². The smallest absolute Gasteiger partial charge is 0.242 e. The second-order valence-electron chi connectivity index (χ2n) is 4.86. The number of rotatable bonds is 10. The Kier molecular flexibility index (Phi) is 12.2. The Morgan fingerprint density at radius 1 is 1.19 bits per heavy atom. The van der Waals surface area contributed by atoms with Gasteiger partial charge in [0.15, 0.2) is 5.96 Å². The molecule has 124 valence electrons. The lowest BCUT2D eigenvalue weighted by Gasteiger charge is -2.25. The highest BCUT2D eigenvalue weighted by Crippen LogP contribution is 2.00. The number of aliphatic imine (C=N–C) groups is 1. The molecule has 0 aliphatic heterocycles. The summed E-state index contributed by atoms with van der Waals surface area (Å²) < 4.78 is 0. The Bertz CT molecular complexity index is 306. The lowest BCUT2D eigenvalue weighted by molar-refractivity contribution is -0.131. The summed E-state index contributed by atoms with van der Waals surface area (Å²) in [6.45, 7) is 9.57. The van der Waals surface area contributed by atoms with Crippen LogP contribution in [0.25, 0.3) is 0 Å². The number of nitrogens with zero attached hydrogens (tertiary/aromatic N) is 3. The number of carbonyl (C=O) groups excluding carboxylic acids is 1. The first-order valence-corrected chi connectivity index (χ1v) is 9.26. The summed E-state index contributed by atoms with van der Waals surface area (Å²) in [5.41, 5.74) is 0. The summed E-state index contributed by atoms with van der Waals surface area (Å²) in [5, 5.41) is 3.25. The number of hydrogen-bond donors (Lipinski definition) is 1. The van der Waals surface area contributed by atoms with Crippen LogP contribution in [-0.2, 0) is 4.79 Å². The fraction of sp³-hybridized carbons (Fsp3) is 0.867. The summed E-state index contributed by atoms with van der Waals surface area (Å²) in [5.74, 6) is 2.15. The zero-order valence-electron chi connectivity index (χ0n) is 14.3. The van der Waals surface area contributed by atoms with E-state index in [2.05, 4.69) is 16.6 Å². The van der Waals surface area contributed by atoms with Crippen LogP contribution in [0.15, 0.2) is 4.99 Å². The van der Waals surface area contributed by atoms with Crippen molar-refractivity contribution in [2.75, 3.05) is 51.8 Å². The van der Waals surface area contributed by atoms with Gasteiger partial charge in [-0.3, -0.25) is 9.79 Å². The van der Waals surface area contributed by atoms with Gasteiger partial charge >= 0.3 is 0 Å². The molecule has 6 heteroatoms. The molecule has 0 saturated heterocycles. The molecule has 0 spiro atoms. The van der Waals surface area contributed by atoms with Crippen LogP contribution in [0.4, 0.5) is 0 Å². The van der Waals surface area contributed by atoms with Gasteiger partial charge in [-0.05, 0) is 45.6 Å². The predicted molar refractivity (Wildman–Crippen MR) is 94.2 cm³/mol. The number of nitrogens with one attached hydrogen (secondary N) is 1. The number of amides is 1. The first kappa shape index (κ1) is 20.1. The molecule has 0 fully saturated rings. The van der Waals surface area contributed by atoms with E-state index in [0.29, 0.717) is 6.54 Å². The van der Waals surface area contributed by atoms with Gasteiger partial charge in [0, 0.05) is 33.2 Å². The first-order valence-electron chi connectivity index (χ1n) is 7.86. The van der Waals surface area contributed by atoms with E-state index in [1.54, 1.807) is 0 Å². The summed E-state index contributed by atoms with van der Waals surface area (Å²) in [7, 11) is 1.92. The average Bonchev–Trinajstić information content (AvgIpc) is 2.47. The molecule has 0 aromatic heterocycles. The Labute approximate surface area is 134 Å². The van der Waals surface area contributed by atoms with Gasteiger partial charge in [0.1, 0.15) is 0 Å². The fourth-order valence-corrected chi connectivity index (χ4v) is 2.46. The third-order valence-corrected chi connectivity index (χ3v) is 3.90. The number of guanidine groups is 1. The first-order chi connectivity index (χ1) is 10.1. The van der Waals surface area contributed by atoms with Gasteiger partial charge in [-0.2, -0.15) is 11.8 Å². The van der Waals surface area contributed by atoms with Crippen LogP contribution in [0, 0.1) is 0 Å². The highest BCUT2D eigenvalue weighted by Gasteiger charge is 2.14. The van der Waals surface area contributed by atoms with E-state index >= 15 is 0 Å². The minimum atomic E-state index is 0.149. The normalized spacial score (nSPS) is 11.4. The lowest BCUT2D eigenvalue weighted by Crippen LogP contribution is -2.45. The molecule has 1 N–H and O–H groups in total. The fourth-order valence-electron chi connectivity index (χ4n) is 1.97. The molecular formula is C15H32N4OS. The number of thioether (sulfide) groups is 1. The van der Waals surface area contributed by atoms with Crippen LogP contribution < -0.4 is 5.32 Å². The molecular weight excluding hydrogens is 284 g/mol. The molecule has 1 amide bonds. The molecule has 0 aliphatic rings. The van der Waals surface area contributed by atoms with Crippen LogP contribution in [0.3, 0.4) is 0 Å². The van der Waals surface area contributed by atoms with Crippen LogP contribution >= 0.6 is 11.8 Å². The third kappa shape index (κ3) is 8.86. The predicted octanol–water partition coefficient (Wildman–Crippen LogP) is 1.90. The quantitative estimate of drug-likeness (QED) is 0.380. The van der Waals surface area contributed by atoms with Crippen molar-refractivity contribution >= 4 is 23.6 Å². The van der Waals surface area contributed by atoms with E-state index in [4.69, 9.17) is 0 Å². The summed E-state index contributed by atoms with van der Waals surface area (Å²) in [4.78, 5) is 20.5. The van der Waals surface area contributed by atoms with Crippen molar-refractivity contribution in [3.05, 3.63) is 0 Å². The standard InChI is InChI=1S/C15H32N4OS/c1-6-16-15(17-11-9-10-12-21-5)18(4)13-14(20)19(7-2)8-3/h6-13H2,1-5H3,(H,16,17). The number of carbonyl (C=O) groups is 1. The molecule has 0 rings (SSSR count). The maximum atomic E-state index is 12.1. The molecule has 0 aromatic rings. The third-order valence-electron chi connectivity index (χ3n) is 3.20. The van der Waals surface area contributed by atoms with Crippen molar-refractivity contribution in [2.24, 2.45) is 4.99 Å². The Hall–Kier alpha value is -0.910. The van der Waals surface area contributed by atoms with Crippen molar-refractivity contribution < 1.29 is 4.79 Å². The molecule has 0 heterocycles. The zero-order valence-corrected chi connectivity index (χ0v) is 15.1. The monoisotopic (exact) mass is 316 g/mol. The van der Waals surface area contributed by atoms with Crippen molar-refractivity contribution in [3.63, 3.8) is 0 Å². The zero-order chi connectivity index (χ0) is 16.1. The molecule has 0 bridgehead atoms. The van der Waals surface area contributed by atoms with Gasteiger partial charge in [-0.25, -0.2) is 0 Å². The number of likely N-dealkylation sites (N-methyl/N-ethyl adjacent to an activating group) is 2.